The second-order valence-electron chi connectivity index (χ2n) is 1.77. The smallest absolute Gasteiger partial charge is 0.226 e. The van der Waals surface area contributed by atoms with Gasteiger partial charge in [0.2, 0.25) is 5.88 Å². The summed E-state index contributed by atoms with van der Waals surface area (Å²) in [4.78, 5) is 1.13. The van der Waals surface area contributed by atoms with Crippen molar-refractivity contribution >= 4 is 11.5 Å². The van der Waals surface area contributed by atoms with Crippen LogP contribution in [0.25, 0.3) is 0 Å². The summed E-state index contributed by atoms with van der Waals surface area (Å²) in [7, 11) is 0. The fraction of sp³-hybridized carbons (Fsp3) is 0.286. The zero-order valence-electron chi connectivity index (χ0n) is 5.63. The predicted molar refractivity (Wildman–Crippen MR) is 41.2 cm³/mol. The number of rotatable bonds is 2. The Hall–Kier alpha value is -1.01. The van der Waals surface area contributed by atoms with Crippen LogP contribution in [-0.2, 0) is 0 Å². The van der Waals surface area contributed by atoms with Gasteiger partial charge in [-0.25, -0.2) is 0 Å². The predicted octanol–water partition coefficient (Wildman–Crippen LogP) is 1.46. The lowest BCUT2D eigenvalue weighted by Crippen LogP contribution is -1.92. The van der Waals surface area contributed by atoms with Crippen molar-refractivity contribution in [1.29, 1.82) is 0 Å². The van der Waals surface area contributed by atoms with Crippen molar-refractivity contribution in [2.45, 2.75) is 6.92 Å². The summed E-state index contributed by atoms with van der Waals surface area (Å²) in [6, 6.07) is 1.86. The van der Waals surface area contributed by atoms with Crippen molar-refractivity contribution in [1.82, 2.24) is 4.37 Å². The van der Waals surface area contributed by atoms with Gasteiger partial charge in [-0.1, -0.05) is 5.92 Å². The molecular formula is C7H7NOS. The van der Waals surface area contributed by atoms with Crippen LogP contribution in [0.3, 0.4) is 0 Å². The zero-order valence-corrected chi connectivity index (χ0v) is 6.44. The van der Waals surface area contributed by atoms with E-state index in [-0.39, 0.29) is 0 Å². The number of hydrogen-bond acceptors (Lipinski definition) is 3. The van der Waals surface area contributed by atoms with Gasteiger partial charge in [0, 0.05) is 10.9 Å². The number of ether oxygens (including phenoxy) is 1. The maximum atomic E-state index is 5.04. The number of hydrogen-bond donors (Lipinski definition) is 0. The zero-order chi connectivity index (χ0) is 7.40. The lowest BCUT2D eigenvalue weighted by Gasteiger charge is -1.92. The van der Waals surface area contributed by atoms with Gasteiger partial charge in [-0.3, -0.25) is 0 Å². The molecule has 1 heterocycles. The molecule has 10 heavy (non-hydrogen) atoms. The normalized spacial score (nSPS) is 8.80. The number of nitrogens with zero attached hydrogens (tertiary/aromatic N) is 1. The summed E-state index contributed by atoms with van der Waals surface area (Å²) in [5.41, 5.74) is 0. The van der Waals surface area contributed by atoms with Crippen LogP contribution < -0.4 is 4.74 Å². The van der Waals surface area contributed by atoms with Crippen LogP contribution in [0.1, 0.15) is 4.88 Å². The van der Waals surface area contributed by atoms with Crippen molar-refractivity contribution < 1.29 is 4.74 Å². The maximum Gasteiger partial charge on any atom is 0.226 e. The molecular weight excluding hydrogens is 146 g/mol. The van der Waals surface area contributed by atoms with Crippen molar-refractivity contribution in [3.8, 4) is 18.2 Å². The van der Waals surface area contributed by atoms with Gasteiger partial charge in [-0.05, 0) is 18.5 Å². The van der Waals surface area contributed by atoms with Gasteiger partial charge >= 0.3 is 0 Å². The fourth-order valence-electron chi connectivity index (χ4n) is 0.527. The minimum absolute atomic E-state index is 0.295. The van der Waals surface area contributed by atoms with Gasteiger partial charge in [0.25, 0.3) is 0 Å². The van der Waals surface area contributed by atoms with Crippen molar-refractivity contribution in [2.24, 2.45) is 0 Å². The van der Waals surface area contributed by atoms with E-state index in [4.69, 9.17) is 11.2 Å². The van der Waals surface area contributed by atoms with Crippen LogP contribution >= 0.6 is 11.5 Å². The first-order valence-electron chi connectivity index (χ1n) is 2.82. The first kappa shape index (κ1) is 7.10. The second kappa shape index (κ2) is 3.23. The largest absolute Gasteiger partial charge is 0.464 e. The number of aromatic nitrogens is 1. The second-order valence-corrected chi connectivity index (χ2v) is 2.78. The molecule has 0 amide bonds. The van der Waals surface area contributed by atoms with E-state index in [0.29, 0.717) is 12.5 Å². The molecule has 0 fully saturated rings. The summed E-state index contributed by atoms with van der Waals surface area (Å²) < 4.78 is 9.02. The van der Waals surface area contributed by atoms with Gasteiger partial charge in [0.1, 0.15) is 0 Å². The average Bonchev–Trinajstić information content (AvgIpc) is 2.31. The molecule has 0 aliphatic heterocycles. The molecule has 1 rings (SSSR count). The van der Waals surface area contributed by atoms with Crippen LogP contribution in [0, 0.1) is 19.3 Å². The Kier molecular flexibility index (Phi) is 2.30. The highest BCUT2D eigenvalue weighted by Crippen LogP contribution is 2.14. The topological polar surface area (TPSA) is 22.1 Å². The minimum Gasteiger partial charge on any atom is -0.464 e. The van der Waals surface area contributed by atoms with Gasteiger partial charge in [0.15, 0.2) is 6.61 Å². The third-order valence-corrected chi connectivity index (χ3v) is 1.59. The van der Waals surface area contributed by atoms with E-state index in [1.54, 1.807) is 0 Å². The van der Waals surface area contributed by atoms with E-state index in [1.807, 2.05) is 13.0 Å². The molecule has 0 aliphatic carbocycles. The first-order valence-corrected chi connectivity index (χ1v) is 3.60. The van der Waals surface area contributed by atoms with Crippen molar-refractivity contribution in [3.63, 3.8) is 0 Å². The maximum absolute atomic E-state index is 5.04. The highest BCUT2D eigenvalue weighted by atomic mass is 32.1. The quantitative estimate of drug-likeness (QED) is 0.600. The van der Waals surface area contributed by atoms with Gasteiger partial charge in [-0.15, -0.1) is 6.42 Å². The summed E-state index contributed by atoms with van der Waals surface area (Å²) in [6.45, 7) is 2.27. The van der Waals surface area contributed by atoms with E-state index < -0.39 is 0 Å². The van der Waals surface area contributed by atoms with Crippen LogP contribution in [0.5, 0.6) is 5.88 Å². The molecule has 0 aromatic carbocycles. The third-order valence-electron chi connectivity index (χ3n) is 0.910. The van der Waals surface area contributed by atoms with E-state index in [2.05, 4.69) is 10.3 Å². The lowest BCUT2D eigenvalue weighted by molar-refractivity contribution is 0.359. The molecule has 1 aromatic heterocycles. The number of aryl methyl sites for hydroxylation is 1. The Labute approximate surface area is 64.0 Å². The molecule has 0 saturated heterocycles. The first-order chi connectivity index (χ1) is 4.83. The Morgan fingerprint density at radius 1 is 1.90 bits per heavy atom. The Balaban J connectivity index is 2.52. The van der Waals surface area contributed by atoms with Gasteiger partial charge < -0.3 is 4.74 Å². The molecule has 52 valence electrons. The lowest BCUT2D eigenvalue weighted by atomic mass is 10.5. The van der Waals surface area contributed by atoms with Crippen molar-refractivity contribution in [2.75, 3.05) is 6.61 Å². The van der Waals surface area contributed by atoms with Crippen LogP contribution in [0.15, 0.2) is 6.07 Å². The van der Waals surface area contributed by atoms with Crippen molar-refractivity contribution in [3.05, 3.63) is 10.9 Å². The molecule has 0 unspecified atom stereocenters. The van der Waals surface area contributed by atoms with Crippen LogP contribution in [0.4, 0.5) is 0 Å². The average molecular weight is 153 g/mol. The van der Waals surface area contributed by atoms with Gasteiger partial charge in [0.05, 0.1) is 0 Å². The molecule has 2 nitrogen and oxygen atoms in total. The Bertz CT molecular complexity index is 248. The molecule has 0 N–H and O–H groups in total. The number of terminal acetylenes is 1. The van der Waals surface area contributed by atoms with E-state index in [9.17, 15) is 0 Å². The van der Waals surface area contributed by atoms with Crippen LogP contribution in [0.2, 0.25) is 0 Å². The molecule has 0 spiro atoms. The SMILES string of the molecule is C#CCOc1cc(C)sn1. The molecule has 0 radical (unpaired) electrons. The molecule has 3 heteroatoms. The Morgan fingerprint density at radius 2 is 2.70 bits per heavy atom. The molecule has 0 atom stereocenters. The molecule has 0 saturated carbocycles. The van der Waals surface area contributed by atoms with Gasteiger partial charge in [-0.2, -0.15) is 4.37 Å². The molecule has 0 aliphatic rings. The summed E-state index contributed by atoms with van der Waals surface area (Å²) in [5.74, 6) is 2.99. The minimum atomic E-state index is 0.295. The molecule has 0 bridgehead atoms. The van der Waals surface area contributed by atoms with E-state index in [1.165, 1.54) is 11.5 Å². The molecule has 1 aromatic rings. The van der Waals surface area contributed by atoms with Crippen LogP contribution in [-0.4, -0.2) is 11.0 Å². The third kappa shape index (κ3) is 1.74. The summed E-state index contributed by atoms with van der Waals surface area (Å²) in [6.07, 6.45) is 4.98. The van der Waals surface area contributed by atoms with E-state index in [0.717, 1.165) is 4.88 Å². The highest BCUT2D eigenvalue weighted by molar-refractivity contribution is 7.05. The standard InChI is InChI=1S/C7H7NOS/c1-3-4-9-7-5-6(2)10-8-7/h1,5H,4H2,2H3. The summed E-state index contributed by atoms with van der Waals surface area (Å²) in [5, 5.41) is 0. The monoisotopic (exact) mass is 153 g/mol. The fourth-order valence-corrected chi connectivity index (χ4v) is 1.02. The van der Waals surface area contributed by atoms with E-state index >= 15 is 0 Å². The Morgan fingerprint density at radius 3 is 3.20 bits per heavy atom. The highest BCUT2D eigenvalue weighted by Gasteiger charge is 1.95. The summed E-state index contributed by atoms with van der Waals surface area (Å²) >= 11 is 1.41.